The van der Waals surface area contributed by atoms with Gasteiger partial charge in [-0.15, -0.1) is 0 Å². The van der Waals surface area contributed by atoms with Crippen LogP contribution in [0.2, 0.25) is 0 Å². The Kier molecular flexibility index (Phi) is 29.2. The van der Waals surface area contributed by atoms with E-state index in [1.54, 1.807) is 0 Å². The molecule has 0 heterocycles. The molecule has 14 heteroatoms. The van der Waals surface area contributed by atoms with Crippen molar-refractivity contribution in [3.63, 3.8) is 0 Å². The quantitative estimate of drug-likeness (QED) is 0.0744. The number of benzene rings is 1. The van der Waals surface area contributed by atoms with Gasteiger partial charge in [-0.1, -0.05) is 113 Å². The van der Waals surface area contributed by atoms with E-state index in [9.17, 15) is 33.6 Å². The molecule has 0 atom stereocenters. The predicted molar refractivity (Wildman–Crippen MR) is 512 cm³/mol. The molecule has 0 amide bonds. The van der Waals surface area contributed by atoms with Gasteiger partial charge in [-0.2, -0.15) is 0 Å². The van der Waals surface area contributed by atoms with Crippen LogP contribution in [0.3, 0.4) is 0 Å². The second kappa shape index (κ2) is 37.4. The lowest BCUT2D eigenvalue weighted by atomic mass is 9.45. The number of rotatable bonds is 23. The van der Waals surface area contributed by atoms with E-state index in [2.05, 4.69) is 120 Å². The van der Waals surface area contributed by atoms with Crippen molar-refractivity contribution in [1.82, 2.24) is 0 Å². The molecule has 0 aliphatic heterocycles. The Labute approximate surface area is 783 Å². The van der Waals surface area contributed by atoms with Gasteiger partial charge in [0.2, 0.25) is 0 Å². The average Bonchev–Trinajstić information content (AvgIpc) is 0.695. The highest BCUT2D eigenvalue weighted by atomic mass is 16.6. The minimum Gasteiger partial charge on any atom is -0.458 e. The molecule has 24 saturated carbocycles. The van der Waals surface area contributed by atoms with E-state index >= 15 is 0 Å². The van der Waals surface area contributed by atoms with Crippen LogP contribution in [0.1, 0.15) is 423 Å². The number of esters is 7. The van der Waals surface area contributed by atoms with Gasteiger partial charge in [-0.25, -0.2) is 4.79 Å². The van der Waals surface area contributed by atoms with Crippen molar-refractivity contribution in [2.24, 2.45) is 186 Å². The third-order valence-corrected chi connectivity index (χ3v) is 41.7. The van der Waals surface area contributed by atoms with Gasteiger partial charge in [0.1, 0.15) is 33.6 Å². The monoisotopic (exact) mass is 1790 g/mol. The minimum atomic E-state index is -0.549. The van der Waals surface area contributed by atoms with Crippen molar-refractivity contribution in [1.29, 1.82) is 0 Å². The second-order valence-corrected chi connectivity index (χ2v) is 53.1. The summed E-state index contributed by atoms with van der Waals surface area (Å²) in [7, 11) is 0. The third kappa shape index (κ3) is 19.2. The Morgan fingerprint density at radius 1 is 0.295 bits per heavy atom. The maximum atomic E-state index is 13.0. The second-order valence-electron chi connectivity index (χ2n) is 53.1. The first kappa shape index (κ1) is 100. The van der Waals surface area contributed by atoms with Crippen molar-refractivity contribution >= 4 is 41.8 Å². The Hall–Kier alpha value is -4.49. The molecule has 1 aromatic rings. The van der Waals surface area contributed by atoms with Gasteiger partial charge in [-0.3, -0.25) is 28.8 Å². The molecule has 24 fully saturated rings. The smallest absolute Gasteiger partial charge is 0.344 e. The van der Waals surface area contributed by atoms with E-state index in [1.807, 2.05) is 90.0 Å². The fourth-order valence-electron chi connectivity index (χ4n) is 32.2. The van der Waals surface area contributed by atoms with Gasteiger partial charge >= 0.3 is 41.8 Å². The third-order valence-electron chi connectivity index (χ3n) is 41.7. The molecular formula is C115H184O14. The van der Waals surface area contributed by atoms with E-state index in [-0.39, 0.29) is 109 Å². The first-order valence-corrected chi connectivity index (χ1v) is 54.0. The van der Waals surface area contributed by atoms with Gasteiger partial charge in [-0.05, 0) is 464 Å². The van der Waals surface area contributed by atoms with E-state index in [0.29, 0.717) is 83.4 Å². The van der Waals surface area contributed by atoms with Crippen molar-refractivity contribution in [3.8, 4) is 0 Å². The summed E-state index contributed by atoms with van der Waals surface area (Å²) in [5.41, 5.74) is -2.51. The molecule has 1 aromatic carbocycles. The molecule has 0 N–H and O–H groups in total. The molecular weight excluding hydrogens is 1610 g/mol. The number of ether oxygens (including phenoxy) is 7. The molecule has 728 valence electrons. The van der Waals surface area contributed by atoms with Crippen molar-refractivity contribution in [3.05, 3.63) is 35.9 Å². The molecule has 0 radical (unpaired) electrons. The molecule has 0 spiro atoms. The van der Waals surface area contributed by atoms with Crippen LogP contribution < -0.4 is 0 Å². The summed E-state index contributed by atoms with van der Waals surface area (Å²) >= 11 is 0. The standard InChI is InChI=1S/C22H30O2.C20H34O2.C19H30O4.C19H32O2.C18H30O2.C17H28O2/c1-4-21(2,3)20(23)24-22(17-8-6-5-7-9-17)18-11-15-10-16(13-18)14-19(22)12-15;1-7-19(5,6)17(21)22-20(18(2,3)4)15-9-13-8-14(11-15)12-16(20)10-13;1-5-18(2,3)17(21)22-11-16(20)23-19(4)14-7-12-6-13(9-14)10-15(19)8-12;1-6-18(4,5)17(20)21-19(12(2)3)15-8-13-7-14(10-15)11-16(19)9-13;1-5-17(3,4)16(19)20-18(6-2)14-8-12-7-13(10-14)11-15(18)9-12;1-5-16(2,3)15(18)19-17(4)13-7-11-6-12(9-13)10-14(17)8-11/h5-9,15-16,18-19H,4,10-14H2,1-3H3;13-16H,7-12H2,1-6H3;12-15H,5-11H2,1-4H3;12-16H,6-11H2,1-5H3;12-15H,5-11H2,1-4H3;11-14H,5-10H2,1-4H3. The zero-order chi connectivity index (χ0) is 93.9. The lowest BCUT2D eigenvalue weighted by Crippen LogP contribution is -2.66. The molecule has 0 aromatic heterocycles. The number of hydrogen-bond acceptors (Lipinski definition) is 14. The zero-order valence-corrected chi connectivity index (χ0v) is 86.4. The highest BCUT2D eigenvalue weighted by Gasteiger charge is 2.68. The minimum absolute atomic E-state index is 0.0127. The summed E-state index contributed by atoms with van der Waals surface area (Å²) in [6.45, 7) is 53.9. The fraction of sp³-hybridized carbons (Fsp3) is 0.887. The van der Waals surface area contributed by atoms with E-state index < -0.39 is 10.8 Å². The van der Waals surface area contributed by atoms with Crippen LogP contribution in [-0.4, -0.2) is 76.4 Å². The van der Waals surface area contributed by atoms with E-state index in [1.165, 1.54) is 198 Å². The molecule has 14 nitrogen and oxygen atoms in total. The van der Waals surface area contributed by atoms with Crippen LogP contribution in [0.25, 0.3) is 0 Å². The normalized spacial score (nSPS) is 40.7. The van der Waals surface area contributed by atoms with Crippen LogP contribution in [0.4, 0.5) is 0 Å². The van der Waals surface area contributed by atoms with E-state index in [4.69, 9.17) is 33.2 Å². The predicted octanol–water partition coefficient (Wildman–Crippen LogP) is 27.8. The molecule has 25 rings (SSSR count). The van der Waals surface area contributed by atoms with Gasteiger partial charge in [0, 0.05) is 29.1 Å². The van der Waals surface area contributed by atoms with Crippen molar-refractivity contribution in [2.75, 3.05) is 6.61 Å². The summed E-state index contributed by atoms with van der Waals surface area (Å²) in [5.74, 6) is 17.5. The largest absolute Gasteiger partial charge is 0.458 e. The number of carbonyl (C=O) groups excluding carboxylic acids is 7. The van der Waals surface area contributed by atoms with Gasteiger partial charge in [0.05, 0.1) is 32.5 Å². The highest BCUT2D eigenvalue weighted by molar-refractivity contribution is 5.81. The Morgan fingerprint density at radius 3 is 0.853 bits per heavy atom. The summed E-state index contributed by atoms with van der Waals surface area (Å²) in [6, 6.07) is 10.6. The topological polar surface area (TPSA) is 184 Å². The lowest BCUT2D eigenvalue weighted by molar-refractivity contribution is -0.250. The fourth-order valence-corrected chi connectivity index (χ4v) is 32.2. The summed E-state index contributed by atoms with van der Waals surface area (Å²) in [5, 5.41) is 0. The highest BCUT2D eigenvalue weighted by Crippen LogP contribution is 2.69. The lowest BCUT2D eigenvalue weighted by Gasteiger charge is -2.64. The number of carbonyl (C=O) groups is 7. The van der Waals surface area contributed by atoms with Gasteiger partial charge < -0.3 is 33.2 Å². The molecule has 129 heavy (non-hydrogen) atoms. The maximum absolute atomic E-state index is 13.0. The van der Waals surface area contributed by atoms with Gasteiger partial charge in [0.15, 0.2) is 6.61 Å². The van der Waals surface area contributed by atoms with Crippen LogP contribution in [-0.2, 0) is 72.3 Å². The summed E-state index contributed by atoms with van der Waals surface area (Å²) in [6.07, 6.45) is 44.9. The molecule has 0 unspecified atom stereocenters. The van der Waals surface area contributed by atoms with Gasteiger partial charge in [0.25, 0.3) is 0 Å². The molecule has 24 aliphatic carbocycles. The summed E-state index contributed by atoms with van der Waals surface area (Å²) in [4.78, 5) is 88.1. The first-order valence-electron chi connectivity index (χ1n) is 54.0. The van der Waals surface area contributed by atoms with Crippen LogP contribution >= 0.6 is 0 Å². The molecule has 24 bridgehead atoms. The van der Waals surface area contributed by atoms with Crippen LogP contribution in [0.15, 0.2) is 30.3 Å². The molecule has 24 aliphatic rings. The SMILES string of the molecule is CCC(C)(C)C(=O)OC1(C(C)(C)C)C2CC3CC(C2)CC1C3.CCC(C)(C)C(=O)OC1(C(C)C)C2CC3CC(C2)CC1C3.CCC(C)(C)C(=O)OC1(C)C2CC3CC(C2)CC1C3.CCC(C)(C)C(=O)OC1(CC)C2CC3CC(C2)CC1C3.CCC(C)(C)C(=O)OC1(c2ccccc2)C2CC3CC(C2)CC1C3.CCC(C)(C)C(=O)OCC(=O)OC1(C)C2CC3CC(C2)CC1C3. The number of hydrogen-bond donors (Lipinski definition) is 0. The van der Waals surface area contributed by atoms with E-state index in [0.717, 1.165) is 110 Å². The summed E-state index contributed by atoms with van der Waals surface area (Å²) < 4.78 is 42.9. The Bertz CT molecular complexity index is 3930. The Balaban J connectivity index is 0.000000125. The maximum Gasteiger partial charge on any atom is 0.344 e. The van der Waals surface area contributed by atoms with Crippen LogP contribution in [0, 0.1) is 186 Å². The molecule has 0 saturated heterocycles. The van der Waals surface area contributed by atoms with Crippen molar-refractivity contribution < 1.29 is 66.7 Å². The Morgan fingerprint density at radius 2 is 0.550 bits per heavy atom. The first-order chi connectivity index (χ1) is 60.3. The van der Waals surface area contributed by atoms with Crippen LogP contribution in [0.5, 0.6) is 0 Å². The van der Waals surface area contributed by atoms with Crippen molar-refractivity contribution in [2.45, 2.75) is 451 Å². The average molecular weight is 1790 g/mol. The zero-order valence-electron chi connectivity index (χ0n) is 86.4.